The van der Waals surface area contributed by atoms with Crippen molar-refractivity contribution in [3.63, 3.8) is 0 Å². The van der Waals surface area contributed by atoms with Crippen LogP contribution in [0.1, 0.15) is 65.5 Å². The average Bonchev–Trinajstić information content (AvgIpc) is 2.94. The number of halogens is 6. The molecule has 0 fully saturated rings. The molecule has 0 atom stereocenters. The molecule has 0 aromatic heterocycles. The molecule has 0 saturated heterocycles. The number of benzene rings is 2. The topological polar surface area (TPSA) is 179 Å². The molecule has 0 amide bonds. The third-order valence-electron chi connectivity index (χ3n) is 6.37. The molecule has 20 heteroatoms. The van der Waals surface area contributed by atoms with E-state index in [-0.39, 0.29) is 49.4 Å². The van der Waals surface area contributed by atoms with E-state index in [1.54, 1.807) is 13.8 Å². The Hall–Kier alpha value is -4.78. The van der Waals surface area contributed by atoms with Gasteiger partial charge in [0.1, 0.15) is 0 Å². The normalized spacial score (nSPS) is 11.6. The van der Waals surface area contributed by atoms with E-state index in [0.29, 0.717) is 37.1 Å². The van der Waals surface area contributed by atoms with Crippen molar-refractivity contribution in [1.82, 2.24) is 0 Å². The number of rotatable bonds is 14. The van der Waals surface area contributed by atoms with Crippen LogP contribution in [-0.2, 0) is 12.4 Å². The first-order chi connectivity index (χ1) is 22.0. The molecule has 2 aromatic rings. The highest BCUT2D eigenvalue weighted by Crippen LogP contribution is 2.45. The van der Waals surface area contributed by atoms with E-state index in [1.807, 2.05) is 27.7 Å². The van der Waals surface area contributed by atoms with Crippen molar-refractivity contribution < 1.29 is 46.0 Å². The minimum atomic E-state index is -4.92. The Morgan fingerprint density at radius 2 is 0.812 bits per heavy atom. The predicted molar refractivity (Wildman–Crippen MR) is 164 cm³/mol. The maximum Gasteiger partial charge on any atom is 0.416 e. The number of nitro groups is 4. The minimum absolute atomic E-state index is 0.000232. The molecule has 0 heterocycles. The van der Waals surface area contributed by atoms with Crippen LogP contribution in [0.15, 0.2) is 24.3 Å². The highest BCUT2D eigenvalue weighted by molar-refractivity contribution is 5.77. The summed E-state index contributed by atoms with van der Waals surface area (Å²) in [5.74, 6) is 0.000464. The number of nitro benzene ring substituents is 4. The monoisotopic (exact) mass is 698 g/mol. The molecule has 0 aliphatic carbocycles. The van der Waals surface area contributed by atoms with Crippen molar-refractivity contribution >= 4 is 34.1 Å². The van der Waals surface area contributed by atoms with Gasteiger partial charge in [-0.2, -0.15) is 26.3 Å². The number of anilines is 2. The fraction of sp³-hybridized carbons (Fsp3) is 0.571. The van der Waals surface area contributed by atoms with E-state index in [0.717, 1.165) is 0 Å². The largest absolute Gasteiger partial charge is 0.416 e. The van der Waals surface area contributed by atoms with E-state index < -0.39 is 65.9 Å². The molecule has 0 radical (unpaired) electrons. The zero-order valence-electron chi connectivity index (χ0n) is 26.9. The number of hydrogen-bond acceptors (Lipinski definition) is 10. The van der Waals surface area contributed by atoms with Crippen molar-refractivity contribution in [2.75, 3.05) is 36.0 Å². The third kappa shape index (κ3) is 11.2. The summed E-state index contributed by atoms with van der Waals surface area (Å²) in [6.07, 6.45) is -8.76. The fourth-order valence-corrected chi connectivity index (χ4v) is 4.75. The Bertz CT molecular complexity index is 1400. The van der Waals surface area contributed by atoms with Gasteiger partial charge in [-0.3, -0.25) is 40.5 Å². The van der Waals surface area contributed by atoms with Gasteiger partial charge in [0.25, 0.3) is 22.7 Å². The molecular weight excluding hydrogens is 662 g/mol. The fourth-order valence-electron chi connectivity index (χ4n) is 4.75. The van der Waals surface area contributed by atoms with Crippen LogP contribution in [0.2, 0.25) is 0 Å². The molecule has 0 aliphatic rings. The second-order valence-electron chi connectivity index (χ2n) is 11.4. The molecule has 0 aliphatic heterocycles. The lowest BCUT2D eigenvalue weighted by atomic mass is 10.1. The average molecular weight is 699 g/mol. The Labute approximate surface area is 270 Å². The highest BCUT2D eigenvalue weighted by atomic mass is 19.4. The van der Waals surface area contributed by atoms with Gasteiger partial charge in [-0.25, -0.2) is 0 Å². The highest BCUT2D eigenvalue weighted by Gasteiger charge is 2.40. The molecule has 14 nitrogen and oxygen atoms in total. The number of nitrogens with zero attached hydrogens (tertiary/aromatic N) is 6. The molecule has 0 bridgehead atoms. The van der Waals surface area contributed by atoms with E-state index in [2.05, 4.69) is 0 Å². The maximum absolute atomic E-state index is 13.0. The lowest BCUT2D eigenvalue weighted by Gasteiger charge is -2.28. The molecule has 48 heavy (non-hydrogen) atoms. The molecule has 0 spiro atoms. The summed E-state index contributed by atoms with van der Waals surface area (Å²) >= 11 is 0. The van der Waals surface area contributed by atoms with Gasteiger partial charge in [0.05, 0.1) is 30.8 Å². The molecule has 0 N–H and O–H groups in total. The third-order valence-corrected chi connectivity index (χ3v) is 6.37. The van der Waals surface area contributed by atoms with Crippen LogP contribution in [-0.4, -0.2) is 45.9 Å². The zero-order valence-corrected chi connectivity index (χ0v) is 26.9. The van der Waals surface area contributed by atoms with Gasteiger partial charge >= 0.3 is 12.4 Å². The summed E-state index contributed by atoms with van der Waals surface area (Å²) < 4.78 is 77.4. The summed E-state index contributed by atoms with van der Waals surface area (Å²) in [6, 6.07) is 1.41. The summed E-state index contributed by atoms with van der Waals surface area (Å²) in [5.41, 5.74) is -7.23. The number of hydrogen-bond donors (Lipinski definition) is 0. The lowest BCUT2D eigenvalue weighted by molar-refractivity contribution is -0.393. The van der Waals surface area contributed by atoms with Crippen molar-refractivity contribution in [2.45, 2.75) is 66.7 Å². The Kier molecular flexibility index (Phi) is 14.5. The van der Waals surface area contributed by atoms with Crippen molar-refractivity contribution in [1.29, 1.82) is 0 Å². The first-order valence-electron chi connectivity index (χ1n) is 14.6. The summed E-state index contributed by atoms with van der Waals surface area (Å²) in [6.45, 7) is 11.8. The van der Waals surface area contributed by atoms with Gasteiger partial charge < -0.3 is 9.80 Å². The molecule has 0 unspecified atom stereocenters. The van der Waals surface area contributed by atoms with Gasteiger partial charge in [0.15, 0.2) is 11.4 Å². The van der Waals surface area contributed by atoms with Gasteiger partial charge in [-0.15, -0.1) is 0 Å². The van der Waals surface area contributed by atoms with Gasteiger partial charge in [-0.05, 0) is 24.7 Å². The second kappa shape index (κ2) is 16.9. The first kappa shape index (κ1) is 41.2. The van der Waals surface area contributed by atoms with Crippen molar-refractivity contribution in [2.24, 2.45) is 11.8 Å². The van der Waals surface area contributed by atoms with E-state index in [9.17, 15) is 66.8 Å². The molecular formula is C28H36F6N6O8. The van der Waals surface area contributed by atoms with Crippen LogP contribution >= 0.6 is 0 Å². The zero-order chi connectivity index (χ0) is 37.3. The van der Waals surface area contributed by atoms with E-state index >= 15 is 0 Å². The summed E-state index contributed by atoms with van der Waals surface area (Å²) in [4.78, 5) is 43.8. The molecule has 0 saturated carbocycles. The van der Waals surface area contributed by atoms with Gasteiger partial charge in [0.2, 0.25) is 0 Å². The number of alkyl halides is 6. The van der Waals surface area contributed by atoms with Crippen LogP contribution in [0.4, 0.5) is 60.5 Å². The Morgan fingerprint density at radius 1 is 0.562 bits per heavy atom. The van der Waals surface area contributed by atoms with Gasteiger partial charge in [-0.1, -0.05) is 41.5 Å². The SMILES string of the molecule is CC(C)CN(CC(C)C)c1c([N+](=O)[O-])cc(C(F)(F)F)cc1[N+](=O)[O-].CCCN(CCC)c1c([N+](=O)[O-])cc(C(F)(F)F)cc1[N+](=O)[O-]. The smallest absolute Gasteiger partial charge is 0.360 e. The maximum atomic E-state index is 13.0. The first-order valence-corrected chi connectivity index (χ1v) is 14.6. The van der Waals surface area contributed by atoms with Gasteiger partial charge in [0, 0.05) is 50.4 Å². The summed E-state index contributed by atoms with van der Waals surface area (Å²) in [7, 11) is 0. The van der Waals surface area contributed by atoms with Crippen LogP contribution in [0, 0.1) is 52.3 Å². The summed E-state index contributed by atoms with van der Waals surface area (Å²) in [5, 5.41) is 45.0. The molecule has 2 rings (SSSR count). The standard InChI is InChI=1S/C15H20F3N3O4.C13H16F3N3O4/c1-9(2)7-19(8-10(3)4)14-12(20(22)23)5-11(15(16,17)18)6-13(14)21(24)25;1-3-5-17(6-4-2)12-10(18(20)21)7-9(13(14,15)16)8-11(12)19(22)23/h5-6,9-10H,7-8H2,1-4H3;7-8H,3-6H2,1-2H3. The molecule has 2 aromatic carbocycles. The van der Waals surface area contributed by atoms with Crippen LogP contribution in [0.5, 0.6) is 0 Å². The predicted octanol–water partition coefficient (Wildman–Crippen LogP) is 8.79. The lowest BCUT2D eigenvalue weighted by Crippen LogP contribution is -2.32. The minimum Gasteiger partial charge on any atom is -0.360 e. The Balaban J connectivity index is 0.000000482. The van der Waals surface area contributed by atoms with Crippen molar-refractivity contribution in [3.8, 4) is 0 Å². The quantitative estimate of drug-likeness (QED) is 0.105. The van der Waals surface area contributed by atoms with E-state index in [4.69, 9.17) is 0 Å². The molecule has 268 valence electrons. The van der Waals surface area contributed by atoms with Crippen LogP contribution in [0.3, 0.4) is 0 Å². The van der Waals surface area contributed by atoms with Crippen molar-refractivity contribution in [3.05, 3.63) is 75.8 Å². The Morgan fingerprint density at radius 3 is 1.00 bits per heavy atom. The van der Waals surface area contributed by atoms with Crippen LogP contribution < -0.4 is 9.80 Å². The second-order valence-corrected chi connectivity index (χ2v) is 11.4. The van der Waals surface area contributed by atoms with Crippen LogP contribution in [0.25, 0.3) is 0 Å². The van der Waals surface area contributed by atoms with E-state index in [1.165, 1.54) is 9.80 Å².